The second-order valence-electron chi connectivity index (χ2n) is 6.36. The quantitative estimate of drug-likeness (QED) is 0.585. The van der Waals surface area contributed by atoms with Gasteiger partial charge in [0.2, 0.25) is 0 Å². The van der Waals surface area contributed by atoms with Crippen LogP contribution in [0.5, 0.6) is 0 Å². The van der Waals surface area contributed by atoms with Crippen molar-refractivity contribution in [3.63, 3.8) is 0 Å². The molecule has 1 unspecified atom stereocenters. The average molecular weight is 392 g/mol. The first-order chi connectivity index (χ1) is 12.3. The summed E-state index contributed by atoms with van der Waals surface area (Å²) < 4.78 is 1.90. The standard InChI is InChI=1S/C18H20ClN4O2S/c1-11(2)9-23-14-15(21(3)18(25)22(4)16(14)24)20-17(23)26-10-12-7-5-6-8-13(12)19/h5-8,14H,1,9-10H2,2-4H3/q+1. The summed E-state index contributed by atoms with van der Waals surface area (Å²) in [5, 5.41) is 1.38. The number of amidine groups is 2. The monoisotopic (exact) mass is 391 g/mol. The highest BCUT2D eigenvalue weighted by molar-refractivity contribution is 8.13. The van der Waals surface area contributed by atoms with Crippen molar-refractivity contribution < 1.29 is 14.2 Å². The van der Waals surface area contributed by atoms with Crippen LogP contribution in [0.1, 0.15) is 12.5 Å². The molecule has 1 aromatic carbocycles. The number of likely N-dealkylation sites (N-methyl/N-ethyl adjacent to an activating group) is 2. The summed E-state index contributed by atoms with van der Waals surface area (Å²) in [5.74, 6) is 0.801. The maximum atomic E-state index is 12.7. The van der Waals surface area contributed by atoms with Gasteiger partial charge in [0, 0.05) is 24.9 Å². The van der Waals surface area contributed by atoms with Gasteiger partial charge >= 0.3 is 11.2 Å². The molecule has 1 atom stereocenters. The summed E-state index contributed by atoms with van der Waals surface area (Å²) in [6.07, 6.45) is 0. The number of rotatable bonds is 4. The fourth-order valence-corrected chi connectivity index (χ4v) is 4.21. The zero-order valence-corrected chi connectivity index (χ0v) is 16.5. The van der Waals surface area contributed by atoms with Crippen LogP contribution in [0.3, 0.4) is 0 Å². The van der Waals surface area contributed by atoms with Crippen LogP contribution in [0, 0.1) is 0 Å². The zero-order valence-electron chi connectivity index (χ0n) is 14.9. The van der Waals surface area contributed by atoms with Crippen LogP contribution < -0.4 is 0 Å². The Morgan fingerprint density at radius 2 is 2.00 bits per heavy atom. The molecule has 6 nitrogen and oxygen atoms in total. The topological polar surface area (TPSA) is 56.0 Å². The second kappa shape index (κ2) is 7.25. The molecule has 3 amide bonds. The molecule has 2 aliphatic heterocycles. The smallest absolute Gasteiger partial charge is 0.269 e. The number of fused-ring (bicyclic) bond motifs is 1. The van der Waals surface area contributed by atoms with Gasteiger partial charge in [-0.25, -0.2) is 9.37 Å². The van der Waals surface area contributed by atoms with Gasteiger partial charge in [0.15, 0.2) is 0 Å². The van der Waals surface area contributed by atoms with Gasteiger partial charge in [0.1, 0.15) is 6.54 Å². The van der Waals surface area contributed by atoms with Crippen LogP contribution in [0.4, 0.5) is 4.79 Å². The summed E-state index contributed by atoms with van der Waals surface area (Å²) in [7, 11) is 3.13. The van der Waals surface area contributed by atoms with E-state index in [-0.39, 0.29) is 11.9 Å². The molecule has 0 radical (unpaired) electrons. The number of imide groups is 1. The van der Waals surface area contributed by atoms with Crippen LogP contribution in [0.25, 0.3) is 0 Å². The Morgan fingerprint density at radius 1 is 1.31 bits per heavy atom. The molecular weight excluding hydrogens is 372 g/mol. The third kappa shape index (κ3) is 3.29. The first kappa shape index (κ1) is 18.7. The molecule has 0 aromatic heterocycles. The van der Waals surface area contributed by atoms with E-state index in [1.807, 2.05) is 35.8 Å². The molecule has 0 N–H and O–H groups in total. The maximum Gasteiger partial charge on any atom is 0.358 e. The molecule has 8 heteroatoms. The van der Waals surface area contributed by atoms with Gasteiger partial charge in [-0.05, 0) is 40.9 Å². The second-order valence-corrected chi connectivity index (χ2v) is 7.71. The van der Waals surface area contributed by atoms with E-state index in [2.05, 4.69) is 11.6 Å². The van der Waals surface area contributed by atoms with Gasteiger partial charge in [-0.3, -0.25) is 14.6 Å². The van der Waals surface area contributed by atoms with Crippen molar-refractivity contribution in [1.29, 1.82) is 0 Å². The highest BCUT2D eigenvalue weighted by Gasteiger charge is 2.53. The van der Waals surface area contributed by atoms with Crippen LogP contribution in [0.15, 0.2) is 41.4 Å². The zero-order chi connectivity index (χ0) is 19.0. The Labute approximate surface area is 161 Å². The van der Waals surface area contributed by atoms with Crippen molar-refractivity contribution in [3.8, 4) is 0 Å². The lowest BCUT2D eigenvalue weighted by atomic mass is 10.1. The minimum absolute atomic E-state index is 0.276. The number of carbonyl (C=O) groups excluding carboxylic acids is 2. The van der Waals surface area contributed by atoms with Crippen LogP contribution in [-0.2, 0) is 10.5 Å². The Kier molecular flexibility index (Phi) is 5.20. The van der Waals surface area contributed by atoms with E-state index in [0.29, 0.717) is 28.3 Å². The third-order valence-corrected chi connectivity index (χ3v) is 5.66. The highest BCUT2D eigenvalue weighted by atomic mass is 35.5. The summed E-state index contributed by atoms with van der Waals surface area (Å²) in [4.78, 5) is 32.1. The van der Waals surface area contributed by atoms with E-state index in [0.717, 1.165) is 16.0 Å². The number of carbonyl (C=O) groups is 2. The lowest BCUT2D eigenvalue weighted by molar-refractivity contribution is -0.524. The van der Waals surface area contributed by atoms with Crippen molar-refractivity contribution in [2.24, 2.45) is 4.99 Å². The fraction of sp³-hybridized carbons (Fsp3) is 0.333. The fourth-order valence-electron chi connectivity index (χ4n) is 2.90. The normalized spacial score (nSPS) is 19.8. The lowest BCUT2D eigenvalue weighted by Crippen LogP contribution is -2.61. The van der Waals surface area contributed by atoms with Gasteiger partial charge in [-0.1, -0.05) is 36.4 Å². The molecule has 136 valence electrons. The minimum Gasteiger partial charge on any atom is -0.269 e. The molecule has 2 aliphatic rings. The average Bonchev–Trinajstić information content (AvgIpc) is 2.95. The molecule has 26 heavy (non-hydrogen) atoms. The Morgan fingerprint density at radius 3 is 2.65 bits per heavy atom. The van der Waals surface area contributed by atoms with Gasteiger partial charge in [0.25, 0.3) is 17.8 Å². The minimum atomic E-state index is -0.604. The number of thioether (sulfide) groups is 1. The molecule has 0 spiro atoms. The summed E-state index contributed by atoms with van der Waals surface area (Å²) in [6.45, 7) is 6.35. The summed E-state index contributed by atoms with van der Waals surface area (Å²) in [5.41, 5.74) is 1.90. The van der Waals surface area contributed by atoms with E-state index < -0.39 is 6.04 Å². The molecule has 2 heterocycles. The van der Waals surface area contributed by atoms with Crippen molar-refractivity contribution in [1.82, 2.24) is 9.80 Å². The van der Waals surface area contributed by atoms with Crippen molar-refractivity contribution in [2.75, 3.05) is 20.6 Å². The number of urea groups is 1. The van der Waals surface area contributed by atoms with Gasteiger partial charge in [-0.2, -0.15) is 0 Å². The molecule has 0 aliphatic carbocycles. The van der Waals surface area contributed by atoms with E-state index in [9.17, 15) is 9.59 Å². The molecule has 3 rings (SSSR count). The van der Waals surface area contributed by atoms with Crippen LogP contribution >= 0.6 is 23.4 Å². The Bertz CT molecular complexity index is 865. The summed E-state index contributed by atoms with van der Waals surface area (Å²) in [6, 6.07) is 6.65. The van der Waals surface area contributed by atoms with Crippen molar-refractivity contribution in [2.45, 2.75) is 18.7 Å². The number of amides is 3. The van der Waals surface area contributed by atoms with E-state index in [1.165, 1.54) is 23.7 Å². The number of benzene rings is 1. The van der Waals surface area contributed by atoms with Gasteiger partial charge < -0.3 is 0 Å². The summed E-state index contributed by atoms with van der Waals surface area (Å²) >= 11 is 7.73. The lowest BCUT2D eigenvalue weighted by Gasteiger charge is -2.30. The maximum absolute atomic E-state index is 12.7. The largest absolute Gasteiger partial charge is 0.358 e. The van der Waals surface area contributed by atoms with Gasteiger partial charge in [0.05, 0.1) is 0 Å². The SMILES string of the molecule is C=C(C)C[N+]1=C(SCc2ccccc2Cl)N=C2C1C(=O)N(C)C(=O)N2C. The first-order valence-electron chi connectivity index (χ1n) is 8.09. The number of aliphatic imine (C=N–C) groups is 1. The predicted octanol–water partition coefficient (Wildman–Crippen LogP) is 2.82. The van der Waals surface area contributed by atoms with Gasteiger partial charge in [-0.15, -0.1) is 0 Å². The van der Waals surface area contributed by atoms with Crippen LogP contribution in [-0.4, -0.2) is 64.0 Å². The van der Waals surface area contributed by atoms with E-state index >= 15 is 0 Å². The molecule has 0 saturated carbocycles. The van der Waals surface area contributed by atoms with Crippen molar-refractivity contribution in [3.05, 3.63) is 47.0 Å². The van der Waals surface area contributed by atoms with Crippen molar-refractivity contribution >= 4 is 46.3 Å². The number of hydrogen-bond acceptors (Lipinski definition) is 4. The molecule has 1 saturated heterocycles. The number of hydrogen-bond donors (Lipinski definition) is 0. The third-order valence-electron chi connectivity index (χ3n) is 4.25. The Balaban J connectivity index is 1.94. The molecule has 1 aromatic rings. The Hall–Kier alpha value is -2.12. The molecular formula is C18H20ClN4O2S+. The van der Waals surface area contributed by atoms with E-state index in [4.69, 9.17) is 11.6 Å². The van der Waals surface area contributed by atoms with E-state index in [1.54, 1.807) is 7.05 Å². The molecule has 0 bridgehead atoms. The predicted molar refractivity (Wildman–Crippen MR) is 105 cm³/mol. The first-order valence-corrected chi connectivity index (χ1v) is 9.45. The number of halogens is 1. The molecule has 1 fully saturated rings. The highest BCUT2D eigenvalue weighted by Crippen LogP contribution is 2.27. The number of nitrogens with zero attached hydrogens (tertiary/aromatic N) is 4. The van der Waals surface area contributed by atoms with Crippen LogP contribution in [0.2, 0.25) is 5.02 Å².